The van der Waals surface area contributed by atoms with Crippen molar-refractivity contribution >= 4 is 16.7 Å². The molecule has 4 nitrogen and oxygen atoms in total. The Hall–Kier alpha value is -2.23. The Labute approximate surface area is 105 Å². The van der Waals surface area contributed by atoms with E-state index in [4.69, 9.17) is 5.73 Å². The van der Waals surface area contributed by atoms with Crippen LogP contribution in [-0.2, 0) is 7.05 Å². The lowest BCUT2D eigenvalue weighted by Gasteiger charge is -2.01. The number of rotatable bonds is 1. The number of para-hydroxylation sites is 1. The van der Waals surface area contributed by atoms with Crippen LogP contribution in [0.2, 0.25) is 0 Å². The molecule has 0 aliphatic rings. The van der Waals surface area contributed by atoms with E-state index >= 15 is 0 Å². The maximum absolute atomic E-state index is 5.70. The van der Waals surface area contributed by atoms with Crippen LogP contribution in [0.4, 0.5) is 5.82 Å². The van der Waals surface area contributed by atoms with E-state index in [0.29, 0.717) is 5.82 Å². The van der Waals surface area contributed by atoms with Gasteiger partial charge in [0.2, 0.25) is 0 Å². The Morgan fingerprint density at radius 1 is 1.28 bits per heavy atom. The minimum atomic E-state index is 0.522. The summed E-state index contributed by atoms with van der Waals surface area (Å²) in [5.74, 6) is 0.522. The number of nitrogen functional groups attached to an aromatic ring is 1. The van der Waals surface area contributed by atoms with E-state index in [9.17, 15) is 0 Å². The summed E-state index contributed by atoms with van der Waals surface area (Å²) < 4.78 is 2.22. The number of benzene rings is 1. The molecule has 0 saturated heterocycles. The first-order valence-corrected chi connectivity index (χ1v) is 5.95. The highest BCUT2D eigenvalue weighted by atomic mass is 15.2. The summed E-state index contributed by atoms with van der Waals surface area (Å²) in [4.78, 5) is 0. The van der Waals surface area contributed by atoms with Gasteiger partial charge in [-0.05, 0) is 19.4 Å². The first-order valence-electron chi connectivity index (χ1n) is 5.95. The van der Waals surface area contributed by atoms with Crippen LogP contribution >= 0.6 is 0 Å². The van der Waals surface area contributed by atoms with Crippen LogP contribution < -0.4 is 5.73 Å². The highest BCUT2D eigenvalue weighted by Crippen LogP contribution is 2.34. The monoisotopic (exact) mass is 240 g/mol. The smallest absolute Gasteiger partial charge is 0.145 e. The number of aromatic amines is 1. The molecule has 0 aliphatic carbocycles. The lowest BCUT2D eigenvalue weighted by Crippen LogP contribution is -1.92. The van der Waals surface area contributed by atoms with E-state index in [1.54, 1.807) is 0 Å². The van der Waals surface area contributed by atoms with E-state index in [1.807, 2.05) is 6.07 Å². The molecule has 0 saturated carbocycles. The third-order valence-electron chi connectivity index (χ3n) is 3.57. The number of hydrogen-bond acceptors (Lipinski definition) is 2. The van der Waals surface area contributed by atoms with Crippen molar-refractivity contribution in [2.45, 2.75) is 13.8 Å². The number of hydrogen-bond donors (Lipinski definition) is 2. The molecule has 3 N–H and O–H groups in total. The van der Waals surface area contributed by atoms with E-state index < -0.39 is 0 Å². The molecule has 0 bridgehead atoms. The molecule has 2 heterocycles. The van der Waals surface area contributed by atoms with Crippen LogP contribution in [0.25, 0.3) is 22.2 Å². The Morgan fingerprint density at radius 3 is 2.72 bits per heavy atom. The molecule has 0 fully saturated rings. The lowest BCUT2D eigenvalue weighted by molar-refractivity contribution is 0.914. The Morgan fingerprint density at radius 2 is 2.06 bits per heavy atom. The number of anilines is 1. The lowest BCUT2D eigenvalue weighted by atomic mass is 10.1. The van der Waals surface area contributed by atoms with Gasteiger partial charge in [-0.2, -0.15) is 5.10 Å². The Kier molecular flexibility index (Phi) is 2.20. The summed E-state index contributed by atoms with van der Waals surface area (Å²) in [6.07, 6.45) is 0. The molecule has 0 unspecified atom stereocenters. The minimum absolute atomic E-state index is 0.522. The number of nitrogens with two attached hydrogens (primary N) is 1. The third-order valence-corrected chi connectivity index (χ3v) is 3.57. The number of nitrogens with zero attached hydrogens (tertiary/aromatic N) is 2. The molecule has 3 aromatic rings. The standard InChI is InChI=1S/C14H16N4/c1-8-5-4-6-10-13(9(2)18(3)14(8)10)11-7-12(15)17-16-11/h4-7H,1-3H3,(H3,15,16,17). The molecule has 4 heteroatoms. The van der Waals surface area contributed by atoms with E-state index in [2.05, 4.69) is 53.9 Å². The van der Waals surface area contributed by atoms with Crippen LogP contribution in [0, 0.1) is 13.8 Å². The molecule has 92 valence electrons. The summed E-state index contributed by atoms with van der Waals surface area (Å²) in [7, 11) is 2.09. The van der Waals surface area contributed by atoms with Gasteiger partial charge in [0.1, 0.15) is 5.82 Å². The predicted octanol–water partition coefficient (Wildman–Crippen LogP) is 2.77. The molecule has 0 radical (unpaired) electrons. The summed E-state index contributed by atoms with van der Waals surface area (Å²) in [5.41, 5.74) is 11.6. The molecule has 3 rings (SSSR count). The van der Waals surface area contributed by atoms with Gasteiger partial charge in [-0.1, -0.05) is 18.2 Å². The maximum Gasteiger partial charge on any atom is 0.145 e. The van der Waals surface area contributed by atoms with Crippen molar-refractivity contribution in [2.24, 2.45) is 7.05 Å². The van der Waals surface area contributed by atoms with Crippen molar-refractivity contribution in [3.05, 3.63) is 35.5 Å². The molecule has 0 spiro atoms. The summed E-state index contributed by atoms with van der Waals surface area (Å²) in [5, 5.41) is 8.25. The fourth-order valence-corrected chi connectivity index (χ4v) is 2.64. The molecular weight excluding hydrogens is 224 g/mol. The van der Waals surface area contributed by atoms with Crippen molar-refractivity contribution in [3.63, 3.8) is 0 Å². The van der Waals surface area contributed by atoms with Crippen LogP contribution in [0.3, 0.4) is 0 Å². The minimum Gasteiger partial charge on any atom is -0.382 e. The van der Waals surface area contributed by atoms with Gasteiger partial charge in [0, 0.05) is 29.8 Å². The average molecular weight is 240 g/mol. The van der Waals surface area contributed by atoms with E-state index in [1.165, 1.54) is 27.7 Å². The van der Waals surface area contributed by atoms with Gasteiger partial charge in [0.15, 0.2) is 0 Å². The number of fused-ring (bicyclic) bond motifs is 1. The van der Waals surface area contributed by atoms with Gasteiger partial charge in [-0.15, -0.1) is 0 Å². The molecule has 0 atom stereocenters. The van der Waals surface area contributed by atoms with Crippen molar-refractivity contribution in [2.75, 3.05) is 5.73 Å². The second-order valence-corrected chi connectivity index (χ2v) is 4.70. The first-order chi connectivity index (χ1) is 8.59. The Bertz CT molecular complexity index is 734. The molecule has 0 aliphatic heterocycles. The largest absolute Gasteiger partial charge is 0.382 e. The van der Waals surface area contributed by atoms with Gasteiger partial charge in [0.25, 0.3) is 0 Å². The van der Waals surface area contributed by atoms with Crippen molar-refractivity contribution < 1.29 is 0 Å². The summed E-state index contributed by atoms with van der Waals surface area (Å²) >= 11 is 0. The van der Waals surface area contributed by atoms with Gasteiger partial charge >= 0.3 is 0 Å². The van der Waals surface area contributed by atoms with Crippen molar-refractivity contribution in [3.8, 4) is 11.3 Å². The molecule has 18 heavy (non-hydrogen) atoms. The average Bonchev–Trinajstić information content (AvgIpc) is 2.84. The van der Waals surface area contributed by atoms with Crippen molar-refractivity contribution in [1.82, 2.24) is 14.8 Å². The van der Waals surface area contributed by atoms with E-state index in [0.717, 1.165) is 5.69 Å². The zero-order valence-electron chi connectivity index (χ0n) is 10.8. The quantitative estimate of drug-likeness (QED) is 0.687. The second-order valence-electron chi connectivity index (χ2n) is 4.70. The maximum atomic E-state index is 5.70. The highest BCUT2D eigenvalue weighted by molar-refractivity contribution is 5.98. The number of aryl methyl sites for hydroxylation is 2. The highest BCUT2D eigenvalue weighted by Gasteiger charge is 2.16. The number of nitrogens with one attached hydrogen (secondary N) is 1. The fourth-order valence-electron chi connectivity index (χ4n) is 2.64. The zero-order valence-corrected chi connectivity index (χ0v) is 10.8. The number of H-pyrrole nitrogens is 1. The first kappa shape index (κ1) is 10.9. The number of aromatic nitrogens is 3. The van der Waals surface area contributed by atoms with Gasteiger partial charge in [-0.3, -0.25) is 5.10 Å². The van der Waals surface area contributed by atoms with Crippen LogP contribution in [0.15, 0.2) is 24.3 Å². The summed E-state index contributed by atoms with van der Waals surface area (Å²) in [6, 6.07) is 8.24. The molecular formula is C14H16N4. The fraction of sp³-hybridized carbons (Fsp3) is 0.214. The topological polar surface area (TPSA) is 59.6 Å². The van der Waals surface area contributed by atoms with Gasteiger partial charge < -0.3 is 10.3 Å². The summed E-state index contributed by atoms with van der Waals surface area (Å²) in [6.45, 7) is 4.25. The normalized spacial score (nSPS) is 11.3. The SMILES string of the molecule is Cc1cccc2c(-c3cc(N)n[nH]3)c(C)n(C)c12. The van der Waals surface area contributed by atoms with Gasteiger partial charge in [0.05, 0.1) is 11.2 Å². The zero-order chi connectivity index (χ0) is 12.9. The van der Waals surface area contributed by atoms with Crippen LogP contribution in [-0.4, -0.2) is 14.8 Å². The Balaban J connectivity index is 2.43. The molecule has 2 aromatic heterocycles. The van der Waals surface area contributed by atoms with Crippen LogP contribution in [0.1, 0.15) is 11.3 Å². The third kappa shape index (κ3) is 1.35. The molecule has 0 amide bonds. The second kappa shape index (κ2) is 3.63. The van der Waals surface area contributed by atoms with Crippen LogP contribution in [0.5, 0.6) is 0 Å². The van der Waals surface area contributed by atoms with Crippen molar-refractivity contribution in [1.29, 1.82) is 0 Å². The molecule has 1 aromatic carbocycles. The van der Waals surface area contributed by atoms with Gasteiger partial charge in [-0.25, -0.2) is 0 Å². The van der Waals surface area contributed by atoms with E-state index in [-0.39, 0.29) is 0 Å². The predicted molar refractivity (Wildman–Crippen MR) is 74.4 cm³/mol.